The van der Waals surface area contributed by atoms with E-state index in [1.807, 2.05) is 0 Å². The second-order valence-electron chi connectivity index (χ2n) is 13.9. The van der Waals surface area contributed by atoms with Gasteiger partial charge < -0.3 is 0 Å². The molecule has 4 aromatic carbocycles. The zero-order valence-electron chi connectivity index (χ0n) is 27.0. The predicted octanol–water partition coefficient (Wildman–Crippen LogP) is 13.1. The van der Waals surface area contributed by atoms with Crippen LogP contribution in [0.3, 0.4) is 0 Å². The van der Waals surface area contributed by atoms with Crippen LogP contribution in [-0.4, -0.2) is 0 Å². The first-order valence-electron chi connectivity index (χ1n) is 16.1. The van der Waals surface area contributed by atoms with Gasteiger partial charge in [0.25, 0.3) is 0 Å². The molecule has 3 aliphatic rings. The minimum Gasteiger partial charge on any atom is -0.147 e. The molecule has 0 N–H and O–H groups in total. The number of rotatable bonds is 6. The van der Waals surface area contributed by atoms with Crippen molar-refractivity contribution in [3.8, 4) is 22.3 Å². The number of benzene rings is 4. The Balaban J connectivity index is 0.00000192. The normalized spacial score (nSPS) is 19.4. The van der Waals surface area contributed by atoms with Gasteiger partial charge in [-0.1, -0.05) is 0 Å². The zero-order valence-corrected chi connectivity index (χ0v) is 32.2. The van der Waals surface area contributed by atoms with Crippen LogP contribution in [-0.2, 0) is 20.0 Å². The van der Waals surface area contributed by atoms with Gasteiger partial charge in [-0.3, -0.25) is 0 Å². The average Bonchev–Trinajstić information content (AvgIpc) is 3.49. The third-order valence-corrected chi connectivity index (χ3v) is 33.8. The first-order valence-corrected chi connectivity index (χ1v) is 25.3. The van der Waals surface area contributed by atoms with E-state index in [0.717, 1.165) is 0 Å². The van der Waals surface area contributed by atoms with Gasteiger partial charge in [0.1, 0.15) is 0 Å². The monoisotopic (exact) mass is 788 g/mol. The summed E-state index contributed by atoms with van der Waals surface area (Å²) in [6.07, 6.45) is 6.58. The Kier molecular flexibility index (Phi) is 9.73. The molecule has 2 unspecified atom stereocenters. The van der Waals surface area contributed by atoms with Gasteiger partial charge in [-0.2, -0.15) is 0 Å². The Morgan fingerprint density at radius 3 is 1.25 bits per heavy atom. The average molecular weight is 788 g/mol. The number of halogens is 2. The summed E-state index contributed by atoms with van der Waals surface area (Å²) in [5.74, 6) is 1.12. The molecule has 44 heavy (non-hydrogen) atoms. The Morgan fingerprint density at radius 2 is 0.932 bits per heavy atom. The van der Waals surface area contributed by atoms with E-state index >= 15 is 0 Å². The largest absolute Gasteiger partial charge is 0.147 e. The molecule has 228 valence electrons. The molecule has 7 rings (SSSR count). The number of hydrogen-bond donors (Lipinski definition) is 0. The Labute approximate surface area is 282 Å². The summed E-state index contributed by atoms with van der Waals surface area (Å²) in [6.45, 7) is 14.0. The molecule has 0 spiro atoms. The van der Waals surface area contributed by atoms with E-state index < -0.39 is 20.0 Å². The van der Waals surface area contributed by atoms with Crippen LogP contribution in [0.4, 0.5) is 0 Å². The Hall–Kier alpha value is -2.19. The van der Waals surface area contributed by atoms with Gasteiger partial charge in [-0.25, -0.2) is 0 Å². The standard InChI is InChI=1S/2C19H19.C3H6.2ClH.Hf/c2*1-13(2)15-7-9-16(10-8-15)18-6-4-5-17-11-14(3)12-19(17)18;1-3-2;;;/h2*4-13H,1-3H3;1-3H2;2*1H;. The van der Waals surface area contributed by atoms with Crippen molar-refractivity contribution in [2.24, 2.45) is 0 Å². The maximum absolute atomic E-state index is 2.92. The van der Waals surface area contributed by atoms with Crippen molar-refractivity contribution >= 4 is 37.0 Å². The van der Waals surface area contributed by atoms with Gasteiger partial charge in [0, 0.05) is 0 Å². The molecule has 2 aliphatic carbocycles. The molecule has 1 saturated heterocycles. The quantitative estimate of drug-likeness (QED) is 0.171. The van der Waals surface area contributed by atoms with Crippen LogP contribution in [0.2, 0.25) is 8.35 Å². The molecule has 0 aromatic heterocycles. The van der Waals surface area contributed by atoms with Crippen LogP contribution in [0.5, 0.6) is 0 Å². The molecular formula is C41H46Cl2Hf. The zero-order chi connectivity index (χ0) is 29.2. The van der Waals surface area contributed by atoms with E-state index in [1.165, 1.54) is 59.3 Å². The summed E-state index contributed by atoms with van der Waals surface area (Å²) in [4.78, 5) is 0. The van der Waals surface area contributed by atoms with Crippen LogP contribution in [0, 0.1) is 0 Å². The van der Waals surface area contributed by atoms with Crippen molar-refractivity contribution in [1.82, 2.24) is 0 Å². The van der Waals surface area contributed by atoms with Crippen LogP contribution in [0.15, 0.2) is 96.1 Å². The number of hydrogen-bond acceptors (Lipinski definition) is 0. The molecular weight excluding hydrogens is 742 g/mol. The molecule has 0 radical (unpaired) electrons. The first-order chi connectivity index (χ1) is 20.3. The Morgan fingerprint density at radius 1 is 0.545 bits per heavy atom. The second kappa shape index (κ2) is 12.9. The summed E-state index contributed by atoms with van der Waals surface area (Å²) < 4.78 is 4.39. The smallest absolute Gasteiger partial charge is 0.147 e. The second-order valence-corrected chi connectivity index (χ2v) is 30.5. The summed E-state index contributed by atoms with van der Waals surface area (Å²) in [5.41, 5.74) is 17.9. The maximum Gasteiger partial charge on any atom is -0.147 e. The van der Waals surface area contributed by atoms with Crippen molar-refractivity contribution in [2.75, 3.05) is 0 Å². The van der Waals surface area contributed by atoms with Gasteiger partial charge in [0.15, 0.2) is 0 Å². The van der Waals surface area contributed by atoms with Crippen molar-refractivity contribution < 1.29 is 20.0 Å². The van der Waals surface area contributed by atoms with Gasteiger partial charge in [0.2, 0.25) is 0 Å². The fraction of sp³-hybridized carbons (Fsp3) is 0.317. The van der Waals surface area contributed by atoms with Crippen LogP contribution >= 0.6 is 24.8 Å². The number of allylic oxidation sites excluding steroid dienone is 2. The minimum absolute atomic E-state index is 0. The molecule has 0 amide bonds. The molecule has 1 heterocycles. The molecule has 0 bridgehead atoms. The first kappa shape index (κ1) is 33.2. The van der Waals surface area contributed by atoms with Crippen molar-refractivity contribution in [1.29, 1.82) is 0 Å². The molecule has 0 saturated carbocycles. The van der Waals surface area contributed by atoms with E-state index in [-0.39, 0.29) is 24.8 Å². The van der Waals surface area contributed by atoms with Gasteiger partial charge in [0.05, 0.1) is 0 Å². The van der Waals surface area contributed by atoms with Crippen LogP contribution in [0.25, 0.3) is 34.4 Å². The van der Waals surface area contributed by atoms with Crippen molar-refractivity contribution in [2.45, 2.75) is 75.5 Å². The van der Waals surface area contributed by atoms with Crippen molar-refractivity contribution in [3.63, 3.8) is 0 Å². The SMILES string of the molecule is CC1=Cc2c(-c3ccc(C(C)C)cc3)cccc2[CH]1[Hf]1([CH]2C(C)=Cc3c(-c4ccc(C(C)C)cc4)cccc32)[CH2]C[CH2]1.Cl.Cl. The predicted molar refractivity (Wildman–Crippen MR) is 193 cm³/mol. The van der Waals surface area contributed by atoms with Crippen molar-refractivity contribution in [3.05, 3.63) is 129 Å². The van der Waals surface area contributed by atoms with E-state index in [9.17, 15) is 0 Å². The van der Waals surface area contributed by atoms with Gasteiger partial charge >= 0.3 is 259 Å². The van der Waals surface area contributed by atoms with E-state index in [0.29, 0.717) is 19.2 Å². The molecule has 3 heteroatoms. The fourth-order valence-corrected chi connectivity index (χ4v) is 31.5. The van der Waals surface area contributed by atoms with Crippen LogP contribution < -0.4 is 0 Å². The molecule has 1 aliphatic heterocycles. The number of fused-ring (bicyclic) bond motifs is 2. The molecule has 1 fully saturated rings. The third-order valence-electron chi connectivity index (χ3n) is 10.8. The minimum atomic E-state index is -2.92. The van der Waals surface area contributed by atoms with E-state index in [2.05, 4.69) is 139 Å². The van der Waals surface area contributed by atoms with Gasteiger partial charge in [-0.15, -0.1) is 24.8 Å². The van der Waals surface area contributed by atoms with E-state index in [1.54, 1.807) is 22.3 Å². The Bertz CT molecular complexity index is 1590. The summed E-state index contributed by atoms with van der Waals surface area (Å²) >= 11 is -2.92. The summed E-state index contributed by atoms with van der Waals surface area (Å²) in [7, 11) is 0. The topological polar surface area (TPSA) is 0 Å². The van der Waals surface area contributed by atoms with Gasteiger partial charge in [-0.05, 0) is 0 Å². The maximum atomic E-state index is 2.58. The van der Waals surface area contributed by atoms with E-state index in [4.69, 9.17) is 0 Å². The molecule has 0 nitrogen and oxygen atoms in total. The third kappa shape index (κ3) is 5.36. The summed E-state index contributed by atoms with van der Waals surface area (Å²) in [6, 6.07) is 33.1. The molecule has 2 atom stereocenters. The molecule has 4 aromatic rings. The fourth-order valence-electron chi connectivity index (χ4n) is 8.56. The summed E-state index contributed by atoms with van der Waals surface area (Å²) in [5, 5.41) is 0. The van der Waals surface area contributed by atoms with Crippen LogP contribution in [0.1, 0.15) is 101 Å².